The molecule has 0 heterocycles. The van der Waals surface area contributed by atoms with Crippen molar-refractivity contribution in [3.63, 3.8) is 0 Å². The van der Waals surface area contributed by atoms with Crippen molar-refractivity contribution in [2.45, 2.75) is 37.7 Å². The molecule has 0 spiro atoms. The Morgan fingerprint density at radius 3 is 2.62 bits per heavy atom. The standard InChI is InChI=1S/C14H17ClN2O4/c15-12-8-10(17(20)21)4-5-11(12)13(18)16-9-14(19)6-2-1-3-7-14/h4-5,8,19H,1-3,6-7,9H2,(H,16,18). The topological polar surface area (TPSA) is 92.5 Å². The zero-order valence-corrected chi connectivity index (χ0v) is 12.2. The molecule has 0 radical (unpaired) electrons. The normalized spacial score (nSPS) is 17.2. The maximum atomic E-state index is 12.1. The van der Waals surface area contributed by atoms with E-state index in [9.17, 15) is 20.0 Å². The van der Waals surface area contributed by atoms with Crippen molar-refractivity contribution < 1.29 is 14.8 Å². The van der Waals surface area contributed by atoms with Crippen molar-refractivity contribution in [1.82, 2.24) is 5.32 Å². The van der Waals surface area contributed by atoms with E-state index in [4.69, 9.17) is 11.6 Å². The number of nitrogens with zero attached hydrogens (tertiary/aromatic N) is 1. The molecule has 0 atom stereocenters. The fourth-order valence-electron chi connectivity index (χ4n) is 2.53. The lowest BCUT2D eigenvalue weighted by Gasteiger charge is -2.32. The van der Waals surface area contributed by atoms with Crippen LogP contribution in [-0.2, 0) is 0 Å². The minimum atomic E-state index is -0.860. The van der Waals surface area contributed by atoms with Gasteiger partial charge in [0.25, 0.3) is 11.6 Å². The Morgan fingerprint density at radius 1 is 1.38 bits per heavy atom. The van der Waals surface area contributed by atoms with E-state index in [0.29, 0.717) is 12.8 Å². The molecule has 21 heavy (non-hydrogen) atoms. The van der Waals surface area contributed by atoms with E-state index in [-0.39, 0.29) is 22.8 Å². The first kappa shape index (κ1) is 15.7. The molecule has 2 N–H and O–H groups in total. The van der Waals surface area contributed by atoms with Crippen LogP contribution in [0.5, 0.6) is 0 Å². The maximum absolute atomic E-state index is 12.1. The Labute approximate surface area is 127 Å². The van der Waals surface area contributed by atoms with Gasteiger partial charge < -0.3 is 10.4 Å². The van der Waals surface area contributed by atoms with Crippen molar-refractivity contribution in [3.8, 4) is 0 Å². The van der Waals surface area contributed by atoms with Gasteiger partial charge in [0.1, 0.15) is 0 Å². The van der Waals surface area contributed by atoms with Gasteiger partial charge in [-0.3, -0.25) is 14.9 Å². The van der Waals surface area contributed by atoms with Crippen LogP contribution in [0.1, 0.15) is 42.5 Å². The number of aliphatic hydroxyl groups is 1. The highest BCUT2D eigenvalue weighted by atomic mass is 35.5. The van der Waals surface area contributed by atoms with Gasteiger partial charge in [0.05, 0.1) is 21.1 Å². The Balaban J connectivity index is 2.01. The van der Waals surface area contributed by atoms with Crippen molar-refractivity contribution in [2.24, 2.45) is 0 Å². The largest absolute Gasteiger partial charge is 0.388 e. The number of hydrogen-bond acceptors (Lipinski definition) is 4. The molecule has 6 nitrogen and oxygen atoms in total. The van der Waals surface area contributed by atoms with Crippen molar-refractivity contribution in [2.75, 3.05) is 6.54 Å². The van der Waals surface area contributed by atoms with Crippen molar-refractivity contribution >= 4 is 23.2 Å². The van der Waals surface area contributed by atoms with E-state index in [1.165, 1.54) is 12.1 Å². The van der Waals surface area contributed by atoms with Gasteiger partial charge in [0, 0.05) is 18.7 Å². The zero-order chi connectivity index (χ0) is 15.5. The highest BCUT2D eigenvalue weighted by molar-refractivity contribution is 6.34. The number of hydrogen-bond donors (Lipinski definition) is 2. The third kappa shape index (κ3) is 3.92. The van der Waals surface area contributed by atoms with Gasteiger partial charge in [-0.2, -0.15) is 0 Å². The second kappa shape index (κ2) is 6.41. The molecule has 1 aromatic rings. The third-order valence-corrected chi connectivity index (χ3v) is 4.08. The third-order valence-electron chi connectivity index (χ3n) is 3.77. The molecule has 2 rings (SSSR count). The summed E-state index contributed by atoms with van der Waals surface area (Å²) in [6.45, 7) is 0.166. The predicted molar refractivity (Wildman–Crippen MR) is 78.5 cm³/mol. The van der Waals surface area contributed by atoms with Gasteiger partial charge in [-0.15, -0.1) is 0 Å². The van der Waals surface area contributed by atoms with Gasteiger partial charge in [-0.05, 0) is 18.9 Å². The van der Waals surface area contributed by atoms with Gasteiger partial charge in [0.15, 0.2) is 0 Å². The molecule has 7 heteroatoms. The lowest BCUT2D eigenvalue weighted by atomic mass is 9.85. The molecule has 1 aromatic carbocycles. The molecular weight excluding hydrogens is 296 g/mol. The Kier molecular flexibility index (Phi) is 4.80. The highest BCUT2D eigenvalue weighted by Gasteiger charge is 2.29. The summed E-state index contributed by atoms with van der Waals surface area (Å²) >= 11 is 5.90. The molecule has 0 aromatic heterocycles. The highest BCUT2D eigenvalue weighted by Crippen LogP contribution is 2.28. The second-order valence-corrected chi connectivity index (χ2v) is 5.80. The number of nitro benzene ring substituents is 1. The van der Waals surface area contributed by atoms with Crippen LogP contribution >= 0.6 is 11.6 Å². The van der Waals surface area contributed by atoms with Crippen LogP contribution < -0.4 is 5.32 Å². The Hall–Kier alpha value is -1.66. The van der Waals surface area contributed by atoms with Crippen molar-refractivity contribution in [3.05, 3.63) is 38.9 Å². The molecule has 1 amide bonds. The first-order valence-corrected chi connectivity index (χ1v) is 7.24. The van der Waals surface area contributed by atoms with E-state index in [0.717, 1.165) is 25.3 Å². The molecule has 1 aliphatic rings. The van der Waals surface area contributed by atoms with Crippen LogP contribution in [-0.4, -0.2) is 28.1 Å². The number of benzene rings is 1. The smallest absolute Gasteiger partial charge is 0.270 e. The summed E-state index contributed by atoms with van der Waals surface area (Å²) in [4.78, 5) is 22.1. The monoisotopic (exact) mass is 312 g/mol. The molecule has 0 saturated heterocycles. The summed E-state index contributed by atoms with van der Waals surface area (Å²) in [7, 11) is 0. The average Bonchev–Trinajstić information content (AvgIpc) is 2.45. The number of halogens is 1. The van der Waals surface area contributed by atoms with Crippen LogP contribution in [0.15, 0.2) is 18.2 Å². The fourth-order valence-corrected chi connectivity index (χ4v) is 2.79. The van der Waals surface area contributed by atoms with Crippen molar-refractivity contribution in [1.29, 1.82) is 0 Å². The average molecular weight is 313 g/mol. The summed E-state index contributed by atoms with van der Waals surface area (Å²) < 4.78 is 0. The molecule has 1 saturated carbocycles. The SMILES string of the molecule is O=C(NCC1(O)CCCCC1)c1ccc([N+](=O)[O-])cc1Cl. The predicted octanol–water partition coefficient (Wildman–Crippen LogP) is 2.67. The molecule has 0 aliphatic heterocycles. The number of rotatable bonds is 4. The number of carbonyl (C=O) groups excluding carboxylic acids is 1. The summed E-state index contributed by atoms with van der Waals surface area (Å²) in [5, 5.41) is 23.6. The van der Waals surface area contributed by atoms with Gasteiger partial charge in [-0.25, -0.2) is 0 Å². The lowest BCUT2D eigenvalue weighted by molar-refractivity contribution is -0.384. The quantitative estimate of drug-likeness (QED) is 0.660. The van der Waals surface area contributed by atoms with E-state index < -0.39 is 16.4 Å². The minimum Gasteiger partial charge on any atom is -0.388 e. The van der Waals surface area contributed by atoms with Crippen LogP contribution in [0.3, 0.4) is 0 Å². The van der Waals surface area contributed by atoms with Gasteiger partial charge in [-0.1, -0.05) is 30.9 Å². The van der Waals surface area contributed by atoms with Gasteiger partial charge >= 0.3 is 0 Å². The summed E-state index contributed by atoms with van der Waals surface area (Å²) in [5.41, 5.74) is -0.856. The Morgan fingerprint density at radius 2 is 2.05 bits per heavy atom. The summed E-state index contributed by atoms with van der Waals surface area (Å²) in [5.74, 6) is -0.436. The first-order chi connectivity index (χ1) is 9.91. The van der Waals surface area contributed by atoms with E-state index in [2.05, 4.69) is 5.32 Å². The minimum absolute atomic E-state index is 0.0253. The van der Waals surface area contributed by atoms with E-state index in [1.807, 2.05) is 0 Å². The van der Waals surface area contributed by atoms with E-state index in [1.54, 1.807) is 0 Å². The van der Waals surface area contributed by atoms with Crippen LogP contribution in [0.4, 0.5) is 5.69 Å². The molecule has 0 unspecified atom stereocenters. The second-order valence-electron chi connectivity index (χ2n) is 5.39. The van der Waals surface area contributed by atoms with Crippen LogP contribution in [0.25, 0.3) is 0 Å². The Bertz CT molecular complexity index is 556. The number of carbonyl (C=O) groups is 1. The molecular formula is C14H17ClN2O4. The summed E-state index contributed by atoms with van der Waals surface area (Å²) in [6, 6.07) is 3.70. The molecule has 114 valence electrons. The lowest BCUT2D eigenvalue weighted by Crippen LogP contribution is -2.44. The molecule has 1 fully saturated rings. The number of nitrogens with one attached hydrogen (secondary N) is 1. The van der Waals surface area contributed by atoms with Crippen LogP contribution in [0, 0.1) is 10.1 Å². The fraction of sp³-hybridized carbons (Fsp3) is 0.500. The number of amides is 1. The van der Waals surface area contributed by atoms with E-state index >= 15 is 0 Å². The zero-order valence-electron chi connectivity index (χ0n) is 11.5. The molecule has 0 bridgehead atoms. The summed E-state index contributed by atoms with van der Waals surface area (Å²) in [6.07, 6.45) is 4.34. The van der Waals surface area contributed by atoms with Gasteiger partial charge in [0.2, 0.25) is 0 Å². The molecule has 1 aliphatic carbocycles. The van der Waals surface area contributed by atoms with Crippen LogP contribution in [0.2, 0.25) is 5.02 Å². The first-order valence-electron chi connectivity index (χ1n) is 6.86. The maximum Gasteiger partial charge on any atom is 0.270 e. The number of nitro groups is 1. The number of non-ortho nitro benzene ring substituents is 1.